The molecule has 24 heavy (non-hydrogen) atoms. The van der Waals surface area contributed by atoms with Gasteiger partial charge in [-0.1, -0.05) is 24.3 Å². The van der Waals surface area contributed by atoms with Crippen LogP contribution in [0.25, 0.3) is 16.6 Å². The van der Waals surface area contributed by atoms with E-state index in [-0.39, 0.29) is 10.8 Å². The molecule has 3 nitrogen and oxygen atoms in total. The van der Waals surface area contributed by atoms with Gasteiger partial charge in [0.15, 0.2) is 0 Å². The van der Waals surface area contributed by atoms with Gasteiger partial charge in [-0.2, -0.15) is 0 Å². The quantitative estimate of drug-likeness (QED) is 0.731. The zero-order chi connectivity index (χ0) is 17.3. The van der Waals surface area contributed by atoms with Gasteiger partial charge in [0.1, 0.15) is 0 Å². The number of fused-ring (bicyclic) bond motifs is 1. The van der Waals surface area contributed by atoms with Crippen LogP contribution in [0.15, 0.2) is 60.8 Å². The van der Waals surface area contributed by atoms with Gasteiger partial charge in [0.2, 0.25) is 0 Å². The fraction of sp³-hybridized carbons (Fsp3) is 0.300. The normalized spacial score (nSPS) is 14.7. The van der Waals surface area contributed by atoms with Crippen LogP contribution in [0.1, 0.15) is 39.3 Å². The predicted molar refractivity (Wildman–Crippen MR) is 103 cm³/mol. The van der Waals surface area contributed by atoms with Crippen LogP contribution >= 0.6 is 0 Å². The molecule has 0 aliphatic rings. The summed E-state index contributed by atoms with van der Waals surface area (Å²) < 4.78 is 17.4. The molecule has 4 heteroatoms. The maximum atomic E-state index is 12.3. The lowest BCUT2D eigenvalue weighted by Gasteiger charge is -2.22. The molecule has 0 saturated heterocycles. The van der Waals surface area contributed by atoms with Crippen molar-refractivity contribution in [3.05, 3.63) is 66.4 Å². The van der Waals surface area contributed by atoms with Gasteiger partial charge in [-0.3, -0.25) is 0 Å². The molecule has 1 heterocycles. The minimum absolute atomic E-state index is 0.0366. The number of benzene rings is 2. The van der Waals surface area contributed by atoms with Crippen LogP contribution in [0.5, 0.6) is 0 Å². The number of hydrogen-bond donors (Lipinski definition) is 1. The van der Waals surface area contributed by atoms with E-state index in [4.69, 9.17) is 0 Å². The second kappa shape index (κ2) is 6.54. The zero-order valence-electron chi connectivity index (χ0n) is 14.6. The van der Waals surface area contributed by atoms with E-state index in [0.717, 1.165) is 11.3 Å². The van der Waals surface area contributed by atoms with Gasteiger partial charge in [-0.25, -0.2) is 8.93 Å². The van der Waals surface area contributed by atoms with Gasteiger partial charge in [0, 0.05) is 23.3 Å². The highest BCUT2D eigenvalue weighted by molar-refractivity contribution is 7.84. The van der Waals surface area contributed by atoms with Crippen molar-refractivity contribution in [2.75, 3.05) is 0 Å². The fourth-order valence-corrected chi connectivity index (χ4v) is 3.46. The van der Waals surface area contributed by atoms with E-state index in [9.17, 15) is 4.21 Å². The minimum atomic E-state index is -1.08. The Morgan fingerprint density at radius 2 is 1.75 bits per heavy atom. The molecule has 0 amide bonds. The average molecular weight is 340 g/mol. The summed E-state index contributed by atoms with van der Waals surface area (Å²) in [5.74, 6) is 0. The van der Waals surface area contributed by atoms with Crippen LogP contribution < -0.4 is 4.72 Å². The lowest BCUT2D eigenvalue weighted by atomic mass is 10.1. The maximum absolute atomic E-state index is 12.3. The Bertz CT molecular complexity index is 862. The number of aromatic nitrogens is 1. The van der Waals surface area contributed by atoms with E-state index in [0.29, 0.717) is 0 Å². The fourth-order valence-electron chi connectivity index (χ4n) is 2.65. The number of nitrogens with zero attached hydrogens (tertiary/aromatic N) is 1. The molecule has 0 spiro atoms. The molecule has 2 aromatic carbocycles. The molecule has 1 aromatic heterocycles. The van der Waals surface area contributed by atoms with Crippen molar-refractivity contribution in [2.45, 2.75) is 38.5 Å². The van der Waals surface area contributed by atoms with Gasteiger partial charge in [-0.05, 0) is 63.6 Å². The van der Waals surface area contributed by atoms with Crippen LogP contribution in [-0.4, -0.2) is 13.5 Å². The summed E-state index contributed by atoms with van der Waals surface area (Å²) in [6.45, 7) is 7.99. The lowest BCUT2D eigenvalue weighted by molar-refractivity contribution is 0.616. The van der Waals surface area contributed by atoms with Gasteiger partial charge in [0.25, 0.3) is 0 Å². The van der Waals surface area contributed by atoms with E-state index in [1.54, 1.807) is 0 Å². The summed E-state index contributed by atoms with van der Waals surface area (Å²) >= 11 is 0. The molecule has 3 rings (SSSR count). The molecule has 0 fully saturated rings. The van der Waals surface area contributed by atoms with E-state index >= 15 is 0 Å². The Hall–Kier alpha value is -1.91. The maximum Gasteiger partial charge on any atom is 0.0975 e. The topological polar surface area (TPSA) is 34.0 Å². The second-order valence-electron chi connectivity index (χ2n) is 7.06. The largest absolute Gasteiger partial charge is 0.317 e. The average Bonchev–Trinajstić information content (AvgIpc) is 2.97. The monoisotopic (exact) mass is 340 g/mol. The highest BCUT2D eigenvalue weighted by atomic mass is 32.2. The highest BCUT2D eigenvalue weighted by Gasteiger charge is 2.21. The van der Waals surface area contributed by atoms with E-state index < -0.39 is 11.0 Å². The van der Waals surface area contributed by atoms with Gasteiger partial charge in [0.05, 0.1) is 21.2 Å². The van der Waals surface area contributed by atoms with Crippen molar-refractivity contribution in [3.63, 3.8) is 0 Å². The standard InChI is InChI=1S/C20H24N2OS/c1-15(21-24(23)20(2,3)4)16-10-11-19-17(14-16)12-13-22(19)18-8-6-5-7-9-18/h5-15,21H,1-4H3/t15-,24?/m0/s1. The Morgan fingerprint density at radius 1 is 1.04 bits per heavy atom. The van der Waals surface area contributed by atoms with Crippen LogP contribution in [0, 0.1) is 0 Å². The highest BCUT2D eigenvalue weighted by Crippen LogP contribution is 2.25. The SMILES string of the molecule is C[C@H](NS(=O)C(C)(C)C)c1ccc2c(ccn2-c2ccccc2)c1. The van der Waals surface area contributed by atoms with Gasteiger partial charge >= 0.3 is 0 Å². The molecule has 0 aliphatic heterocycles. The van der Waals surface area contributed by atoms with Crippen LogP contribution in [0.4, 0.5) is 0 Å². The third-order valence-corrected chi connectivity index (χ3v) is 5.77. The number of rotatable bonds is 4. The van der Waals surface area contributed by atoms with Crippen molar-refractivity contribution in [1.29, 1.82) is 0 Å². The molecule has 0 bridgehead atoms. The first-order valence-corrected chi connectivity index (χ1v) is 9.36. The molecule has 3 aromatic rings. The van der Waals surface area contributed by atoms with Crippen LogP contribution in [-0.2, 0) is 11.0 Å². The second-order valence-corrected chi connectivity index (χ2v) is 9.06. The first-order chi connectivity index (χ1) is 11.4. The summed E-state index contributed by atoms with van der Waals surface area (Å²) in [6, 6.07) is 18.9. The lowest BCUT2D eigenvalue weighted by Crippen LogP contribution is -2.34. The molecular weight excluding hydrogens is 316 g/mol. The molecule has 2 atom stereocenters. The van der Waals surface area contributed by atoms with Crippen molar-refractivity contribution in [3.8, 4) is 5.69 Å². The molecule has 0 saturated carbocycles. The molecule has 1 N–H and O–H groups in total. The van der Waals surface area contributed by atoms with Crippen LogP contribution in [0.2, 0.25) is 0 Å². The summed E-state index contributed by atoms with van der Waals surface area (Å²) in [7, 11) is -1.08. The minimum Gasteiger partial charge on any atom is -0.317 e. The van der Waals surface area contributed by atoms with E-state index in [2.05, 4.69) is 58.8 Å². The predicted octanol–water partition coefficient (Wildman–Crippen LogP) is 4.74. The molecule has 1 unspecified atom stereocenters. The van der Waals surface area contributed by atoms with E-state index in [1.807, 2.05) is 39.0 Å². The molecular formula is C20H24N2OS. The van der Waals surface area contributed by atoms with Gasteiger partial charge < -0.3 is 4.57 Å². The summed E-state index contributed by atoms with van der Waals surface area (Å²) in [5, 5.41) is 1.19. The van der Waals surface area contributed by atoms with Crippen molar-refractivity contribution < 1.29 is 4.21 Å². The number of para-hydroxylation sites is 1. The number of nitrogens with one attached hydrogen (secondary N) is 1. The van der Waals surface area contributed by atoms with Crippen LogP contribution in [0.3, 0.4) is 0 Å². The number of hydrogen-bond acceptors (Lipinski definition) is 1. The smallest absolute Gasteiger partial charge is 0.0975 e. The summed E-state index contributed by atoms with van der Waals surface area (Å²) in [6.07, 6.45) is 2.09. The molecule has 0 aliphatic carbocycles. The van der Waals surface area contributed by atoms with Crippen molar-refractivity contribution >= 4 is 21.9 Å². The Labute approximate surface area is 146 Å². The van der Waals surface area contributed by atoms with Crippen molar-refractivity contribution in [1.82, 2.24) is 9.29 Å². The Morgan fingerprint density at radius 3 is 2.42 bits per heavy atom. The first kappa shape index (κ1) is 16.9. The van der Waals surface area contributed by atoms with Crippen molar-refractivity contribution in [2.24, 2.45) is 0 Å². The Kier molecular flexibility index (Phi) is 4.61. The van der Waals surface area contributed by atoms with Gasteiger partial charge in [-0.15, -0.1) is 0 Å². The zero-order valence-corrected chi connectivity index (χ0v) is 15.4. The summed E-state index contributed by atoms with van der Waals surface area (Å²) in [5.41, 5.74) is 3.47. The Balaban J connectivity index is 1.89. The molecule has 126 valence electrons. The first-order valence-electron chi connectivity index (χ1n) is 8.21. The third kappa shape index (κ3) is 3.45. The third-order valence-electron chi connectivity index (χ3n) is 4.09. The van der Waals surface area contributed by atoms with E-state index in [1.165, 1.54) is 10.9 Å². The summed E-state index contributed by atoms with van der Waals surface area (Å²) in [4.78, 5) is 0. The molecule has 0 radical (unpaired) electrons.